The van der Waals surface area contributed by atoms with E-state index in [2.05, 4.69) is 64.8 Å². The second-order valence-corrected chi connectivity index (χ2v) is 6.99. The van der Waals surface area contributed by atoms with Crippen LogP contribution in [0.2, 0.25) is 0 Å². The first-order valence-corrected chi connectivity index (χ1v) is 9.40. The van der Waals surface area contributed by atoms with Crippen LogP contribution in [0.4, 0.5) is 0 Å². The van der Waals surface area contributed by atoms with Crippen LogP contribution in [0.5, 0.6) is 0 Å². The first-order chi connectivity index (χ1) is 12.3. The summed E-state index contributed by atoms with van der Waals surface area (Å²) < 4.78 is 5.22. The zero-order valence-corrected chi connectivity index (χ0v) is 15.3. The Kier molecular flexibility index (Phi) is 7.04. The molecule has 3 rings (SSSR count). The number of ether oxygens (including phenoxy) is 1. The normalized spacial score (nSPS) is 16.2. The fourth-order valence-corrected chi connectivity index (χ4v) is 3.55. The molecule has 0 atom stereocenters. The number of piperidine rings is 1. The van der Waals surface area contributed by atoms with Crippen molar-refractivity contribution in [1.29, 1.82) is 0 Å². The third-order valence-corrected chi connectivity index (χ3v) is 5.04. The minimum atomic E-state index is 0.638. The number of benzene rings is 2. The van der Waals surface area contributed by atoms with Gasteiger partial charge in [-0.2, -0.15) is 0 Å². The Morgan fingerprint density at radius 3 is 2.44 bits per heavy atom. The van der Waals surface area contributed by atoms with Gasteiger partial charge in [-0.25, -0.2) is 0 Å². The number of nitrogens with zero attached hydrogens (tertiary/aromatic N) is 1. The van der Waals surface area contributed by atoms with Crippen molar-refractivity contribution in [2.75, 3.05) is 26.7 Å². The number of hydrogen-bond acceptors (Lipinski definition) is 3. The highest BCUT2D eigenvalue weighted by Gasteiger charge is 2.18. The minimum absolute atomic E-state index is 0.638. The summed E-state index contributed by atoms with van der Waals surface area (Å²) in [5.74, 6) is 0. The molecular weight excluding hydrogens is 308 g/mol. The maximum Gasteiger partial charge on any atom is 0.0713 e. The van der Waals surface area contributed by atoms with E-state index < -0.39 is 0 Å². The lowest BCUT2D eigenvalue weighted by Gasteiger charge is -2.32. The van der Waals surface area contributed by atoms with Gasteiger partial charge in [-0.1, -0.05) is 54.6 Å². The van der Waals surface area contributed by atoms with Gasteiger partial charge in [0.15, 0.2) is 0 Å². The van der Waals surface area contributed by atoms with E-state index in [4.69, 9.17) is 4.74 Å². The van der Waals surface area contributed by atoms with E-state index in [1.54, 1.807) is 7.11 Å². The minimum Gasteiger partial charge on any atom is -0.380 e. The van der Waals surface area contributed by atoms with Gasteiger partial charge in [-0.3, -0.25) is 0 Å². The number of likely N-dealkylation sites (tertiary alicyclic amines) is 1. The van der Waals surface area contributed by atoms with E-state index in [0.717, 1.165) is 13.0 Å². The Hall–Kier alpha value is -1.68. The predicted molar refractivity (Wildman–Crippen MR) is 104 cm³/mol. The maximum absolute atomic E-state index is 5.22. The van der Waals surface area contributed by atoms with Crippen LogP contribution >= 0.6 is 0 Å². The van der Waals surface area contributed by atoms with Crippen LogP contribution < -0.4 is 5.32 Å². The van der Waals surface area contributed by atoms with Crippen LogP contribution in [0.3, 0.4) is 0 Å². The number of hydrogen-bond donors (Lipinski definition) is 1. The molecule has 1 saturated heterocycles. The first kappa shape index (κ1) is 18.1. The lowest BCUT2D eigenvalue weighted by Crippen LogP contribution is -2.42. The Bertz CT molecular complexity index is 621. The molecule has 3 nitrogen and oxygen atoms in total. The summed E-state index contributed by atoms with van der Waals surface area (Å²) in [5.41, 5.74) is 4.04. The van der Waals surface area contributed by atoms with Crippen molar-refractivity contribution in [3.63, 3.8) is 0 Å². The molecule has 2 aromatic carbocycles. The van der Waals surface area contributed by atoms with Crippen molar-refractivity contribution in [2.45, 2.75) is 38.5 Å². The molecule has 134 valence electrons. The van der Waals surface area contributed by atoms with Gasteiger partial charge in [0.05, 0.1) is 6.61 Å². The lowest BCUT2D eigenvalue weighted by atomic mass is 10.0. The average molecular weight is 338 g/mol. The molecule has 0 aliphatic carbocycles. The van der Waals surface area contributed by atoms with Crippen LogP contribution in [-0.4, -0.2) is 37.7 Å². The van der Waals surface area contributed by atoms with Gasteiger partial charge in [-0.15, -0.1) is 0 Å². The molecule has 0 saturated carbocycles. The van der Waals surface area contributed by atoms with Gasteiger partial charge in [0, 0.05) is 26.2 Å². The van der Waals surface area contributed by atoms with Gasteiger partial charge < -0.3 is 15.0 Å². The highest BCUT2D eigenvalue weighted by Crippen LogP contribution is 2.13. The SMILES string of the molecule is COCc1cccc(CNC2CCN(CCc3ccccc3)CC2)c1. The molecule has 0 radical (unpaired) electrons. The van der Waals surface area contributed by atoms with E-state index in [1.807, 2.05) is 0 Å². The van der Waals surface area contributed by atoms with Crippen molar-refractivity contribution < 1.29 is 4.74 Å². The molecule has 0 amide bonds. The van der Waals surface area contributed by atoms with Crippen molar-refractivity contribution in [1.82, 2.24) is 10.2 Å². The fraction of sp³-hybridized carbons (Fsp3) is 0.455. The van der Waals surface area contributed by atoms with Gasteiger partial charge in [-0.05, 0) is 49.0 Å². The van der Waals surface area contributed by atoms with Gasteiger partial charge in [0.1, 0.15) is 0 Å². The van der Waals surface area contributed by atoms with Gasteiger partial charge in [0.25, 0.3) is 0 Å². The second-order valence-electron chi connectivity index (χ2n) is 6.99. The Morgan fingerprint density at radius 2 is 1.68 bits per heavy atom. The average Bonchev–Trinajstić information content (AvgIpc) is 2.67. The molecular formula is C22H30N2O. The molecule has 0 bridgehead atoms. The van der Waals surface area contributed by atoms with Crippen LogP contribution in [-0.2, 0) is 24.3 Å². The summed E-state index contributed by atoms with van der Waals surface area (Å²) in [6, 6.07) is 20.1. The topological polar surface area (TPSA) is 24.5 Å². The van der Waals surface area contributed by atoms with E-state index in [0.29, 0.717) is 12.6 Å². The number of rotatable bonds is 8. The Labute approximate surface area is 152 Å². The predicted octanol–water partition coefficient (Wildman–Crippen LogP) is 3.63. The molecule has 0 aromatic heterocycles. The summed E-state index contributed by atoms with van der Waals surface area (Å²) in [5, 5.41) is 3.73. The number of methoxy groups -OCH3 is 1. The summed E-state index contributed by atoms with van der Waals surface area (Å²) in [7, 11) is 1.75. The monoisotopic (exact) mass is 338 g/mol. The smallest absolute Gasteiger partial charge is 0.0713 e. The molecule has 3 heteroatoms. The molecule has 2 aromatic rings. The summed E-state index contributed by atoms with van der Waals surface area (Å²) in [6.07, 6.45) is 3.64. The molecule has 1 heterocycles. The van der Waals surface area contributed by atoms with E-state index in [-0.39, 0.29) is 0 Å². The summed E-state index contributed by atoms with van der Waals surface area (Å²) in [6.45, 7) is 5.22. The van der Waals surface area contributed by atoms with E-state index in [9.17, 15) is 0 Å². The van der Waals surface area contributed by atoms with Crippen LogP contribution in [0.1, 0.15) is 29.5 Å². The van der Waals surface area contributed by atoms with E-state index >= 15 is 0 Å². The molecule has 25 heavy (non-hydrogen) atoms. The third-order valence-electron chi connectivity index (χ3n) is 5.04. The van der Waals surface area contributed by atoms with Gasteiger partial charge >= 0.3 is 0 Å². The summed E-state index contributed by atoms with van der Waals surface area (Å²) >= 11 is 0. The van der Waals surface area contributed by atoms with Crippen molar-refractivity contribution in [3.05, 3.63) is 71.3 Å². The molecule has 1 N–H and O–H groups in total. The standard InChI is InChI=1S/C22H30N2O/c1-25-18-21-9-5-8-20(16-21)17-23-22-11-14-24(15-12-22)13-10-19-6-3-2-4-7-19/h2-9,16,22-23H,10-15,17-18H2,1H3. The highest BCUT2D eigenvalue weighted by molar-refractivity contribution is 5.23. The van der Waals surface area contributed by atoms with E-state index in [1.165, 1.54) is 49.2 Å². The highest BCUT2D eigenvalue weighted by atomic mass is 16.5. The van der Waals surface area contributed by atoms with Crippen LogP contribution in [0.25, 0.3) is 0 Å². The fourth-order valence-electron chi connectivity index (χ4n) is 3.55. The Morgan fingerprint density at radius 1 is 0.960 bits per heavy atom. The lowest BCUT2D eigenvalue weighted by molar-refractivity contribution is 0.184. The Balaban J connectivity index is 1.37. The van der Waals surface area contributed by atoms with Crippen molar-refractivity contribution in [3.8, 4) is 0 Å². The quantitative estimate of drug-likeness (QED) is 0.795. The largest absolute Gasteiger partial charge is 0.380 e. The summed E-state index contributed by atoms with van der Waals surface area (Å²) in [4.78, 5) is 2.60. The maximum atomic E-state index is 5.22. The van der Waals surface area contributed by atoms with Crippen LogP contribution in [0.15, 0.2) is 54.6 Å². The molecule has 1 aliphatic heterocycles. The molecule has 1 fully saturated rings. The zero-order chi connectivity index (χ0) is 17.3. The van der Waals surface area contributed by atoms with Gasteiger partial charge in [0.2, 0.25) is 0 Å². The third kappa shape index (κ3) is 5.96. The molecule has 0 unspecified atom stereocenters. The number of nitrogens with one attached hydrogen (secondary N) is 1. The zero-order valence-electron chi connectivity index (χ0n) is 15.3. The van der Waals surface area contributed by atoms with Crippen molar-refractivity contribution in [2.24, 2.45) is 0 Å². The second kappa shape index (κ2) is 9.71. The molecule has 1 aliphatic rings. The van der Waals surface area contributed by atoms with Crippen molar-refractivity contribution >= 4 is 0 Å². The first-order valence-electron chi connectivity index (χ1n) is 9.40. The van der Waals surface area contributed by atoms with Crippen LogP contribution in [0, 0.1) is 0 Å². The molecule has 0 spiro atoms.